The predicted molar refractivity (Wildman–Crippen MR) is 63.7 cm³/mol. The van der Waals surface area contributed by atoms with Gasteiger partial charge in [-0.05, 0) is 44.9 Å². The zero-order chi connectivity index (χ0) is 13.1. The van der Waals surface area contributed by atoms with Gasteiger partial charge in [0.05, 0.1) is 5.60 Å². The minimum Gasteiger partial charge on any atom is -0.374 e. The van der Waals surface area contributed by atoms with Gasteiger partial charge in [-0.25, -0.2) is 8.78 Å². The molecule has 0 amide bonds. The highest BCUT2D eigenvalue weighted by Crippen LogP contribution is 2.18. The fourth-order valence-electron chi connectivity index (χ4n) is 1.71. The number of hydrogen-bond acceptors (Lipinski definition) is 2. The topological polar surface area (TPSA) is 35.2 Å². The number of rotatable bonds is 5. The van der Waals surface area contributed by atoms with E-state index < -0.39 is 17.2 Å². The lowest BCUT2D eigenvalue weighted by atomic mass is 9.93. The number of hydrogen-bond donors (Lipinski definition) is 1. The lowest BCUT2D eigenvalue weighted by molar-refractivity contribution is -0.0288. The van der Waals surface area contributed by atoms with Gasteiger partial charge in [0.1, 0.15) is 11.6 Å². The molecule has 1 unspecified atom stereocenters. The normalized spacial score (nSPS) is 13.8. The molecule has 0 aliphatic rings. The molecule has 1 rings (SSSR count). The Morgan fingerprint density at radius 3 is 2.24 bits per heavy atom. The van der Waals surface area contributed by atoms with Crippen LogP contribution in [0.15, 0.2) is 18.2 Å². The average molecular weight is 243 g/mol. The first-order valence-corrected chi connectivity index (χ1v) is 5.69. The number of ether oxygens (including phenoxy) is 1. The predicted octanol–water partition coefficient (Wildman–Crippen LogP) is 2.65. The lowest BCUT2D eigenvalue weighted by Gasteiger charge is -2.31. The molecule has 0 heterocycles. The number of nitrogens with two attached hydrogens (primary N) is 1. The van der Waals surface area contributed by atoms with Crippen LogP contribution >= 0.6 is 0 Å². The SMILES string of the molecule is CCOC(C)(C)C(N)Cc1cc(F)cc(F)c1. The maximum atomic E-state index is 13.0. The zero-order valence-corrected chi connectivity index (χ0v) is 10.5. The molecule has 0 saturated heterocycles. The third-order valence-corrected chi connectivity index (χ3v) is 2.79. The van der Waals surface area contributed by atoms with Crippen LogP contribution < -0.4 is 5.73 Å². The highest BCUT2D eigenvalue weighted by Gasteiger charge is 2.27. The van der Waals surface area contributed by atoms with Crippen LogP contribution in [0.4, 0.5) is 8.78 Å². The van der Waals surface area contributed by atoms with E-state index in [0.29, 0.717) is 18.6 Å². The van der Waals surface area contributed by atoms with Crippen LogP contribution in [-0.2, 0) is 11.2 Å². The Balaban J connectivity index is 2.76. The van der Waals surface area contributed by atoms with Crippen LogP contribution in [0.1, 0.15) is 26.3 Å². The molecule has 1 aromatic rings. The fourth-order valence-corrected chi connectivity index (χ4v) is 1.71. The number of benzene rings is 1. The quantitative estimate of drug-likeness (QED) is 0.862. The van der Waals surface area contributed by atoms with Gasteiger partial charge in [0.2, 0.25) is 0 Å². The van der Waals surface area contributed by atoms with E-state index in [4.69, 9.17) is 10.5 Å². The summed E-state index contributed by atoms with van der Waals surface area (Å²) in [6.45, 7) is 6.18. The Kier molecular flexibility index (Phi) is 4.60. The van der Waals surface area contributed by atoms with Gasteiger partial charge in [0.25, 0.3) is 0 Å². The smallest absolute Gasteiger partial charge is 0.126 e. The first-order chi connectivity index (χ1) is 7.85. The summed E-state index contributed by atoms with van der Waals surface area (Å²) in [5.74, 6) is -1.16. The van der Waals surface area contributed by atoms with Crippen molar-refractivity contribution in [3.05, 3.63) is 35.4 Å². The van der Waals surface area contributed by atoms with E-state index in [-0.39, 0.29) is 6.04 Å². The van der Waals surface area contributed by atoms with Crippen molar-refractivity contribution in [2.45, 2.75) is 38.8 Å². The van der Waals surface area contributed by atoms with Crippen LogP contribution in [0.25, 0.3) is 0 Å². The molecule has 0 aliphatic carbocycles. The molecule has 17 heavy (non-hydrogen) atoms. The van der Waals surface area contributed by atoms with Crippen LogP contribution in [0.2, 0.25) is 0 Å². The summed E-state index contributed by atoms with van der Waals surface area (Å²) in [5, 5.41) is 0. The Hall–Kier alpha value is -1.00. The van der Waals surface area contributed by atoms with Gasteiger partial charge in [-0.3, -0.25) is 0 Å². The molecule has 1 atom stereocenters. The van der Waals surface area contributed by atoms with Gasteiger partial charge in [0.15, 0.2) is 0 Å². The van der Waals surface area contributed by atoms with Crippen molar-refractivity contribution in [2.24, 2.45) is 5.73 Å². The van der Waals surface area contributed by atoms with Crippen molar-refractivity contribution in [3.63, 3.8) is 0 Å². The monoisotopic (exact) mass is 243 g/mol. The summed E-state index contributed by atoms with van der Waals surface area (Å²) in [5.41, 5.74) is 6.03. The summed E-state index contributed by atoms with van der Waals surface area (Å²) in [6.07, 6.45) is 0.377. The molecule has 4 heteroatoms. The Bertz CT molecular complexity index is 359. The van der Waals surface area contributed by atoms with E-state index in [1.54, 1.807) is 0 Å². The molecule has 0 bridgehead atoms. The van der Waals surface area contributed by atoms with Gasteiger partial charge >= 0.3 is 0 Å². The zero-order valence-electron chi connectivity index (χ0n) is 10.5. The molecule has 0 radical (unpaired) electrons. The molecular weight excluding hydrogens is 224 g/mol. The van der Waals surface area contributed by atoms with Crippen molar-refractivity contribution in [3.8, 4) is 0 Å². The Morgan fingerprint density at radius 2 is 1.76 bits per heavy atom. The highest BCUT2D eigenvalue weighted by molar-refractivity contribution is 5.19. The second-order valence-electron chi connectivity index (χ2n) is 4.62. The first kappa shape index (κ1) is 14.1. The molecule has 0 fully saturated rings. The van der Waals surface area contributed by atoms with E-state index in [9.17, 15) is 8.78 Å². The third-order valence-electron chi connectivity index (χ3n) is 2.79. The fraction of sp³-hybridized carbons (Fsp3) is 0.538. The molecule has 96 valence electrons. The minimum atomic E-state index is -0.582. The van der Waals surface area contributed by atoms with Crippen molar-refractivity contribution < 1.29 is 13.5 Å². The van der Waals surface area contributed by atoms with E-state index in [1.807, 2.05) is 20.8 Å². The standard InChI is InChI=1S/C13H19F2NO/c1-4-17-13(2,3)12(16)7-9-5-10(14)8-11(15)6-9/h5-6,8,12H,4,7,16H2,1-3H3. The van der Waals surface area contributed by atoms with Crippen LogP contribution in [-0.4, -0.2) is 18.2 Å². The second-order valence-corrected chi connectivity index (χ2v) is 4.62. The van der Waals surface area contributed by atoms with Crippen molar-refractivity contribution in [2.75, 3.05) is 6.61 Å². The molecule has 0 aromatic heterocycles. The van der Waals surface area contributed by atoms with Gasteiger partial charge in [-0.1, -0.05) is 0 Å². The third kappa shape index (κ3) is 4.06. The van der Waals surface area contributed by atoms with E-state index in [1.165, 1.54) is 12.1 Å². The summed E-state index contributed by atoms with van der Waals surface area (Å²) in [7, 11) is 0. The van der Waals surface area contributed by atoms with E-state index >= 15 is 0 Å². The van der Waals surface area contributed by atoms with Gasteiger partial charge < -0.3 is 10.5 Å². The van der Waals surface area contributed by atoms with Crippen LogP contribution in [0.5, 0.6) is 0 Å². The van der Waals surface area contributed by atoms with Gasteiger partial charge in [-0.2, -0.15) is 0 Å². The lowest BCUT2D eigenvalue weighted by Crippen LogP contribution is -2.46. The molecular formula is C13H19F2NO. The Labute approximate surface area is 101 Å². The summed E-state index contributed by atoms with van der Waals surface area (Å²) >= 11 is 0. The number of halogens is 2. The van der Waals surface area contributed by atoms with E-state index in [0.717, 1.165) is 6.07 Å². The van der Waals surface area contributed by atoms with Gasteiger partial charge in [-0.15, -0.1) is 0 Å². The van der Waals surface area contributed by atoms with Crippen LogP contribution in [0.3, 0.4) is 0 Å². The molecule has 1 aromatic carbocycles. The maximum absolute atomic E-state index is 13.0. The molecule has 0 aliphatic heterocycles. The van der Waals surface area contributed by atoms with Crippen LogP contribution in [0, 0.1) is 11.6 Å². The van der Waals surface area contributed by atoms with E-state index in [2.05, 4.69) is 0 Å². The first-order valence-electron chi connectivity index (χ1n) is 5.69. The van der Waals surface area contributed by atoms with Crippen molar-refractivity contribution in [1.29, 1.82) is 0 Å². The van der Waals surface area contributed by atoms with Crippen molar-refractivity contribution in [1.82, 2.24) is 0 Å². The Morgan fingerprint density at radius 1 is 1.24 bits per heavy atom. The maximum Gasteiger partial charge on any atom is 0.126 e. The molecule has 2 N–H and O–H groups in total. The summed E-state index contributed by atoms with van der Waals surface area (Å²) in [4.78, 5) is 0. The second kappa shape index (κ2) is 5.56. The summed E-state index contributed by atoms with van der Waals surface area (Å²) < 4.78 is 31.5. The van der Waals surface area contributed by atoms with Crippen molar-refractivity contribution >= 4 is 0 Å². The molecule has 0 spiro atoms. The van der Waals surface area contributed by atoms with Gasteiger partial charge in [0, 0.05) is 18.7 Å². The average Bonchev–Trinajstić information content (AvgIpc) is 2.15. The minimum absolute atomic E-state index is 0.316. The summed E-state index contributed by atoms with van der Waals surface area (Å²) in [6, 6.07) is 3.13. The molecule has 2 nitrogen and oxygen atoms in total. The largest absolute Gasteiger partial charge is 0.374 e. The molecule has 0 saturated carbocycles. The highest BCUT2D eigenvalue weighted by atomic mass is 19.1.